The van der Waals surface area contributed by atoms with Gasteiger partial charge in [-0.2, -0.15) is 0 Å². The molecule has 1 rings (SSSR count). The normalized spacial score (nSPS) is 19.9. The second kappa shape index (κ2) is 6.59. The molecule has 17 heavy (non-hydrogen) atoms. The molecule has 0 bridgehead atoms. The monoisotopic (exact) mass is 242 g/mol. The van der Waals surface area contributed by atoms with Crippen molar-refractivity contribution in [1.82, 2.24) is 10.2 Å². The van der Waals surface area contributed by atoms with Gasteiger partial charge in [0.15, 0.2) is 0 Å². The number of carbonyl (C=O) groups is 2. The lowest BCUT2D eigenvalue weighted by molar-refractivity contribution is -0.144. The van der Waals surface area contributed by atoms with E-state index < -0.39 is 5.97 Å². The molecule has 1 atom stereocenters. The van der Waals surface area contributed by atoms with Crippen LogP contribution in [0.3, 0.4) is 0 Å². The Kier molecular flexibility index (Phi) is 5.41. The first-order valence-electron chi connectivity index (χ1n) is 6.28. The summed E-state index contributed by atoms with van der Waals surface area (Å²) in [4.78, 5) is 24.6. The van der Waals surface area contributed by atoms with Crippen molar-refractivity contribution >= 4 is 11.9 Å². The second-order valence-corrected chi connectivity index (χ2v) is 4.57. The molecule has 1 heterocycles. The maximum absolute atomic E-state index is 11.5. The predicted molar refractivity (Wildman–Crippen MR) is 64.7 cm³/mol. The number of carboxylic acids is 1. The minimum absolute atomic E-state index is 0.0484. The van der Waals surface area contributed by atoms with E-state index in [4.69, 9.17) is 5.11 Å². The lowest BCUT2D eigenvalue weighted by Gasteiger charge is -2.34. The summed E-state index contributed by atoms with van der Waals surface area (Å²) in [7, 11) is 1.64. The van der Waals surface area contributed by atoms with E-state index in [0.29, 0.717) is 19.5 Å². The number of hydrogen-bond donors (Lipinski definition) is 2. The van der Waals surface area contributed by atoms with E-state index in [1.165, 1.54) is 0 Å². The number of hydrogen-bond acceptors (Lipinski definition) is 3. The van der Waals surface area contributed by atoms with Crippen LogP contribution in [0.5, 0.6) is 0 Å². The topological polar surface area (TPSA) is 69.6 Å². The summed E-state index contributed by atoms with van der Waals surface area (Å²) in [5.41, 5.74) is 0. The van der Waals surface area contributed by atoms with E-state index in [2.05, 4.69) is 5.32 Å². The second-order valence-electron chi connectivity index (χ2n) is 4.57. The van der Waals surface area contributed by atoms with Gasteiger partial charge in [-0.15, -0.1) is 0 Å². The average Bonchev–Trinajstić information content (AvgIpc) is 2.35. The van der Waals surface area contributed by atoms with Gasteiger partial charge in [0.25, 0.3) is 0 Å². The highest BCUT2D eigenvalue weighted by molar-refractivity contribution is 5.78. The fourth-order valence-electron chi connectivity index (χ4n) is 2.41. The van der Waals surface area contributed by atoms with Crippen molar-refractivity contribution in [3.63, 3.8) is 0 Å². The number of piperidine rings is 1. The zero-order valence-corrected chi connectivity index (χ0v) is 10.6. The van der Waals surface area contributed by atoms with Gasteiger partial charge in [0.1, 0.15) is 6.04 Å². The van der Waals surface area contributed by atoms with E-state index in [0.717, 1.165) is 19.3 Å². The molecule has 0 aromatic heterocycles. The van der Waals surface area contributed by atoms with Gasteiger partial charge in [-0.3, -0.25) is 14.5 Å². The third-order valence-electron chi connectivity index (χ3n) is 3.43. The lowest BCUT2D eigenvalue weighted by atomic mass is 9.94. The number of aliphatic carboxylic acids is 1. The summed E-state index contributed by atoms with van der Waals surface area (Å²) in [5.74, 6) is -0.621. The molecule has 0 aromatic carbocycles. The minimum Gasteiger partial charge on any atom is -0.480 e. The number of nitrogens with one attached hydrogen (secondary N) is 1. The lowest BCUT2D eigenvalue weighted by Crippen LogP contribution is -2.47. The Morgan fingerprint density at radius 1 is 1.41 bits per heavy atom. The first-order chi connectivity index (χ1) is 8.10. The summed E-state index contributed by atoms with van der Waals surface area (Å²) in [6.07, 6.45) is 3.06. The largest absolute Gasteiger partial charge is 0.480 e. The third kappa shape index (κ3) is 3.70. The molecule has 1 saturated heterocycles. The standard InChI is InChI=1S/C12H22N2O3/c1-3-4-10(12(16)17)14-7-5-9(6-8-14)11(15)13-2/h9-10H,3-8H2,1-2H3,(H,13,15)(H,16,17). The van der Waals surface area contributed by atoms with Crippen LogP contribution in [0.1, 0.15) is 32.6 Å². The van der Waals surface area contributed by atoms with Gasteiger partial charge in [-0.25, -0.2) is 0 Å². The van der Waals surface area contributed by atoms with Gasteiger partial charge in [0.05, 0.1) is 0 Å². The van der Waals surface area contributed by atoms with Crippen molar-refractivity contribution in [3.8, 4) is 0 Å². The molecule has 5 heteroatoms. The van der Waals surface area contributed by atoms with E-state index >= 15 is 0 Å². The molecule has 0 spiro atoms. The van der Waals surface area contributed by atoms with Gasteiger partial charge in [-0.1, -0.05) is 13.3 Å². The Balaban J connectivity index is 2.49. The third-order valence-corrected chi connectivity index (χ3v) is 3.43. The first kappa shape index (κ1) is 14.0. The van der Waals surface area contributed by atoms with Crippen molar-refractivity contribution in [1.29, 1.82) is 0 Å². The molecule has 5 nitrogen and oxygen atoms in total. The summed E-state index contributed by atoms with van der Waals surface area (Å²) in [5, 5.41) is 11.8. The Bertz CT molecular complexity index is 273. The highest BCUT2D eigenvalue weighted by atomic mass is 16.4. The number of carboxylic acid groups (broad SMARTS) is 1. The van der Waals surface area contributed by atoms with Crippen molar-refractivity contribution in [2.24, 2.45) is 5.92 Å². The van der Waals surface area contributed by atoms with E-state index in [1.54, 1.807) is 7.05 Å². The maximum atomic E-state index is 11.5. The zero-order chi connectivity index (χ0) is 12.8. The Morgan fingerprint density at radius 2 is 2.00 bits per heavy atom. The van der Waals surface area contributed by atoms with Gasteiger partial charge >= 0.3 is 5.97 Å². The fraction of sp³-hybridized carbons (Fsp3) is 0.833. The van der Waals surface area contributed by atoms with Crippen LogP contribution in [0.25, 0.3) is 0 Å². The molecule has 0 aromatic rings. The molecular formula is C12H22N2O3. The molecule has 1 aliphatic heterocycles. The first-order valence-corrected chi connectivity index (χ1v) is 6.28. The van der Waals surface area contributed by atoms with E-state index in [9.17, 15) is 9.59 Å². The van der Waals surface area contributed by atoms with Crippen LogP contribution >= 0.6 is 0 Å². The molecule has 98 valence electrons. The highest BCUT2D eigenvalue weighted by Gasteiger charge is 2.30. The smallest absolute Gasteiger partial charge is 0.320 e. The Hall–Kier alpha value is -1.10. The number of amides is 1. The summed E-state index contributed by atoms with van der Waals surface area (Å²) >= 11 is 0. The van der Waals surface area contributed by atoms with Crippen LogP contribution in [0.4, 0.5) is 0 Å². The Morgan fingerprint density at radius 3 is 2.41 bits per heavy atom. The highest BCUT2D eigenvalue weighted by Crippen LogP contribution is 2.20. The fourth-order valence-corrected chi connectivity index (χ4v) is 2.41. The van der Waals surface area contributed by atoms with Gasteiger partial charge in [0.2, 0.25) is 5.91 Å². The summed E-state index contributed by atoms with van der Waals surface area (Å²) < 4.78 is 0. The number of carbonyl (C=O) groups excluding carboxylic acids is 1. The van der Waals surface area contributed by atoms with E-state index in [1.807, 2.05) is 11.8 Å². The quantitative estimate of drug-likeness (QED) is 0.744. The van der Waals surface area contributed by atoms with Crippen LogP contribution in [-0.2, 0) is 9.59 Å². The zero-order valence-electron chi connectivity index (χ0n) is 10.6. The summed E-state index contributed by atoms with van der Waals surface area (Å²) in [6, 6.07) is -0.384. The van der Waals surface area contributed by atoms with Crippen LogP contribution < -0.4 is 5.32 Å². The molecule has 2 N–H and O–H groups in total. The minimum atomic E-state index is -0.745. The number of nitrogens with zero attached hydrogens (tertiary/aromatic N) is 1. The van der Waals surface area contributed by atoms with E-state index in [-0.39, 0.29) is 17.9 Å². The molecule has 0 saturated carbocycles. The average molecular weight is 242 g/mol. The van der Waals surface area contributed by atoms with Crippen LogP contribution in [0, 0.1) is 5.92 Å². The molecule has 0 radical (unpaired) electrons. The molecule has 1 aliphatic rings. The van der Waals surface area contributed by atoms with Gasteiger partial charge < -0.3 is 10.4 Å². The Labute approximate surface area is 102 Å². The van der Waals surface area contributed by atoms with Crippen molar-refractivity contribution in [2.75, 3.05) is 20.1 Å². The molecule has 1 fully saturated rings. The van der Waals surface area contributed by atoms with Crippen LogP contribution in [-0.4, -0.2) is 48.1 Å². The SMILES string of the molecule is CCCC(C(=O)O)N1CCC(C(=O)NC)CC1. The summed E-state index contributed by atoms with van der Waals surface area (Å²) in [6.45, 7) is 3.40. The van der Waals surface area contributed by atoms with Crippen LogP contribution in [0.2, 0.25) is 0 Å². The van der Waals surface area contributed by atoms with Gasteiger partial charge in [-0.05, 0) is 32.4 Å². The molecule has 1 amide bonds. The molecule has 1 unspecified atom stereocenters. The van der Waals surface area contributed by atoms with Crippen molar-refractivity contribution in [2.45, 2.75) is 38.6 Å². The molecular weight excluding hydrogens is 220 g/mol. The predicted octanol–water partition coefficient (Wildman–Crippen LogP) is 0.698. The van der Waals surface area contributed by atoms with Crippen molar-refractivity contribution in [3.05, 3.63) is 0 Å². The number of rotatable bonds is 5. The number of likely N-dealkylation sites (tertiary alicyclic amines) is 1. The van der Waals surface area contributed by atoms with Gasteiger partial charge in [0, 0.05) is 13.0 Å². The molecule has 0 aliphatic carbocycles. The van der Waals surface area contributed by atoms with Crippen LogP contribution in [0.15, 0.2) is 0 Å². The maximum Gasteiger partial charge on any atom is 0.320 e. The van der Waals surface area contributed by atoms with Crippen molar-refractivity contribution < 1.29 is 14.7 Å².